The van der Waals surface area contributed by atoms with Gasteiger partial charge in [0.2, 0.25) is 0 Å². The summed E-state index contributed by atoms with van der Waals surface area (Å²) in [5.41, 5.74) is 2.11. The van der Waals surface area contributed by atoms with Crippen molar-refractivity contribution in [2.75, 3.05) is 5.32 Å². The SMILES string of the molecule is CC(C)(C)c1ccc(/C=N/c2ccccc2C(=O)Nc2ccccc2)s1. The van der Waals surface area contributed by atoms with Crippen molar-refractivity contribution in [1.29, 1.82) is 0 Å². The van der Waals surface area contributed by atoms with E-state index in [9.17, 15) is 4.79 Å². The number of hydrogen-bond acceptors (Lipinski definition) is 3. The zero-order valence-electron chi connectivity index (χ0n) is 15.2. The van der Waals surface area contributed by atoms with Crippen LogP contribution in [0.25, 0.3) is 0 Å². The first-order valence-electron chi connectivity index (χ1n) is 8.53. The molecule has 1 heterocycles. The Balaban J connectivity index is 1.81. The molecule has 0 atom stereocenters. The quantitative estimate of drug-likeness (QED) is 0.564. The molecular formula is C22H22N2OS. The summed E-state index contributed by atoms with van der Waals surface area (Å²) in [6.07, 6.45) is 1.83. The standard InChI is InChI=1S/C22H22N2OS/c1-22(2,3)20-14-13-17(26-20)15-23-19-12-8-7-11-18(19)21(25)24-16-9-5-4-6-10-16/h4-15H,1-3H3,(H,24,25)/b23-15+. The van der Waals surface area contributed by atoms with Crippen LogP contribution in [0.3, 0.4) is 0 Å². The van der Waals surface area contributed by atoms with E-state index in [1.54, 1.807) is 17.4 Å². The molecule has 3 rings (SSSR count). The van der Waals surface area contributed by atoms with Crippen LogP contribution in [-0.4, -0.2) is 12.1 Å². The lowest BCUT2D eigenvalue weighted by Crippen LogP contribution is -2.11. The van der Waals surface area contributed by atoms with Gasteiger partial charge in [-0.15, -0.1) is 11.3 Å². The van der Waals surface area contributed by atoms with Crippen LogP contribution in [0, 0.1) is 0 Å². The number of amides is 1. The molecule has 0 aliphatic carbocycles. The summed E-state index contributed by atoms with van der Waals surface area (Å²) in [5.74, 6) is -0.162. The molecule has 0 aliphatic heterocycles. The van der Waals surface area contributed by atoms with Gasteiger partial charge in [0.15, 0.2) is 0 Å². The molecule has 132 valence electrons. The number of aliphatic imine (C=N–C) groups is 1. The largest absolute Gasteiger partial charge is 0.322 e. The minimum Gasteiger partial charge on any atom is -0.322 e. The fourth-order valence-corrected chi connectivity index (χ4v) is 3.39. The Hall–Kier alpha value is -2.72. The van der Waals surface area contributed by atoms with E-state index in [1.807, 2.05) is 54.7 Å². The van der Waals surface area contributed by atoms with Gasteiger partial charge >= 0.3 is 0 Å². The predicted molar refractivity (Wildman–Crippen MR) is 111 cm³/mol. The minimum atomic E-state index is -0.162. The average molecular weight is 362 g/mol. The van der Waals surface area contributed by atoms with Crippen molar-refractivity contribution in [1.82, 2.24) is 0 Å². The first-order valence-corrected chi connectivity index (χ1v) is 9.35. The third-order valence-electron chi connectivity index (χ3n) is 3.88. The third-order valence-corrected chi connectivity index (χ3v) is 5.32. The second-order valence-electron chi connectivity index (χ2n) is 7.05. The van der Waals surface area contributed by atoms with Crippen LogP contribution in [0.4, 0.5) is 11.4 Å². The molecule has 1 amide bonds. The average Bonchev–Trinajstić information content (AvgIpc) is 3.10. The van der Waals surface area contributed by atoms with E-state index in [1.165, 1.54) is 4.88 Å². The Morgan fingerprint density at radius 1 is 0.962 bits per heavy atom. The van der Waals surface area contributed by atoms with Crippen LogP contribution in [0.1, 0.15) is 40.9 Å². The first kappa shape index (κ1) is 18.1. The number of rotatable bonds is 4. The monoisotopic (exact) mass is 362 g/mol. The summed E-state index contributed by atoms with van der Waals surface area (Å²) in [6.45, 7) is 6.59. The van der Waals surface area contributed by atoms with E-state index in [0.29, 0.717) is 11.3 Å². The Bertz CT molecular complexity index is 921. The molecule has 2 aromatic carbocycles. The van der Waals surface area contributed by atoms with Gasteiger partial charge in [0, 0.05) is 21.7 Å². The Morgan fingerprint density at radius 3 is 2.35 bits per heavy atom. The number of carbonyl (C=O) groups excluding carboxylic acids is 1. The van der Waals surface area contributed by atoms with Crippen LogP contribution in [0.2, 0.25) is 0 Å². The van der Waals surface area contributed by atoms with E-state index >= 15 is 0 Å². The van der Waals surface area contributed by atoms with Gasteiger partial charge in [-0.3, -0.25) is 9.79 Å². The van der Waals surface area contributed by atoms with E-state index in [-0.39, 0.29) is 11.3 Å². The van der Waals surface area contributed by atoms with Gasteiger partial charge in [-0.25, -0.2) is 0 Å². The highest BCUT2D eigenvalue weighted by atomic mass is 32.1. The molecule has 0 spiro atoms. The zero-order chi connectivity index (χ0) is 18.6. The van der Waals surface area contributed by atoms with Gasteiger partial charge in [-0.1, -0.05) is 51.1 Å². The van der Waals surface area contributed by atoms with Crippen molar-refractivity contribution in [2.24, 2.45) is 4.99 Å². The normalized spacial score (nSPS) is 11.7. The topological polar surface area (TPSA) is 41.5 Å². The number of anilines is 1. The number of benzene rings is 2. The number of nitrogens with zero attached hydrogens (tertiary/aromatic N) is 1. The number of hydrogen-bond donors (Lipinski definition) is 1. The van der Waals surface area contributed by atoms with Gasteiger partial charge in [-0.2, -0.15) is 0 Å². The molecule has 0 fully saturated rings. The molecule has 3 nitrogen and oxygen atoms in total. The third kappa shape index (κ3) is 4.46. The van der Waals surface area contributed by atoms with Crippen LogP contribution in [0.15, 0.2) is 71.7 Å². The number of carbonyl (C=O) groups is 1. The van der Waals surface area contributed by atoms with Crippen molar-refractivity contribution in [3.05, 3.63) is 82.0 Å². The highest BCUT2D eigenvalue weighted by molar-refractivity contribution is 7.13. The molecule has 3 aromatic rings. The smallest absolute Gasteiger partial charge is 0.257 e. The number of thiophene rings is 1. The molecule has 0 aliphatic rings. The summed E-state index contributed by atoms with van der Waals surface area (Å²) in [5, 5.41) is 2.91. The summed E-state index contributed by atoms with van der Waals surface area (Å²) in [6, 6.07) is 21.0. The van der Waals surface area contributed by atoms with Gasteiger partial charge < -0.3 is 5.32 Å². The molecule has 0 radical (unpaired) electrons. The maximum absolute atomic E-state index is 12.6. The minimum absolute atomic E-state index is 0.129. The lowest BCUT2D eigenvalue weighted by atomic mass is 9.95. The summed E-state index contributed by atoms with van der Waals surface area (Å²) < 4.78 is 0. The fourth-order valence-electron chi connectivity index (χ4n) is 2.46. The maximum Gasteiger partial charge on any atom is 0.257 e. The predicted octanol–water partition coefficient (Wildman–Crippen LogP) is 6.05. The van der Waals surface area contributed by atoms with E-state index in [2.05, 4.69) is 43.2 Å². The summed E-state index contributed by atoms with van der Waals surface area (Å²) >= 11 is 1.73. The van der Waals surface area contributed by atoms with E-state index in [0.717, 1.165) is 10.6 Å². The maximum atomic E-state index is 12.6. The van der Waals surface area contributed by atoms with Crippen LogP contribution in [-0.2, 0) is 5.41 Å². The Morgan fingerprint density at radius 2 is 1.65 bits per heavy atom. The van der Waals surface area contributed by atoms with Gasteiger partial charge in [0.05, 0.1) is 11.3 Å². The number of para-hydroxylation sites is 2. The zero-order valence-corrected chi connectivity index (χ0v) is 16.0. The Labute approximate surface area is 158 Å². The van der Waals surface area contributed by atoms with Crippen molar-refractivity contribution in [3.8, 4) is 0 Å². The summed E-state index contributed by atoms with van der Waals surface area (Å²) in [7, 11) is 0. The van der Waals surface area contributed by atoms with Gasteiger partial charge in [0.25, 0.3) is 5.91 Å². The highest BCUT2D eigenvalue weighted by Crippen LogP contribution is 2.29. The second kappa shape index (κ2) is 7.67. The lowest BCUT2D eigenvalue weighted by Gasteiger charge is -2.15. The van der Waals surface area contributed by atoms with Crippen molar-refractivity contribution < 1.29 is 4.79 Å². The lowest BCUT2D eigenvalue weighted by molar-refractivity contribution is 0.102. The van der Waals surface area contributed by atoms with Crippen LogP contribution >= 0.6 is 11.3 Å². The molecule has 0 saturated carbocycles. The molecule has 0 unspecified atom stereocenters. The van der Waals surface area contributed by atoms with Crippen LogP contribution < -0.4 is 5.32 Å². The van der Waals surface area contributed by atoms with E-state index in [4.69, 9.17) is 0 Å². The Kier molecular flexibility index (Phi) is 5.33. The molecular weight excluding hydrogens is 340 g/mol. The number of nitrogens with one attached hydrogen (secondary N) is 1. The molecule has 26 heavy (non-hydrogen) atoms. The van der Waals surface area contributed by atoms with Crippen molar-refractivity contribution >= 4 is 34.8 Å². The van der Waals surface area contributed by atoms with Crippen LogP contribution in [0.5, 0.6) is 0 Å². The molecule has 0 bridgehead atoms. The van der Waals surface area contributed by atoms with Gasteiger partial charge in [-0.05, 0) is 41.8 Å². The molecule has 0 saturated heterocycles. The van der Waals surface area contributed by atoms with Crippen molar-refractivity contribution in [3.63, 3.8) is 0 Å². The highest BCUT2D eigenvalue weighted by Gasteiger charge is 2.15. The second-order valence-corrected chi connectivity index (χ2v) is 8.16. The first-order chi connectivity index (χ1) is 12.4. The van der Waals surface area contributed by atoms with E-state index < -0.39 is 0 Å². The molecule has 1 aromatic heterocycles. The molecule has 1 N–H and O–H groups in total. The van der Waals surface area contributed by atoms with Crippen molar-refractivity contribution in [2.45, 2.75) is 26.2 Å². The summed E-state index contributed by atoms with van der Waals surface area (Å²) in [4.78, 5) is 19.5. The fraction of sp³-hybridized carbons (Fsp3) is 0.182. The van der Waals surface area contributed by atoms with Gasteiger partial charge in [0.1, 0.15) is 0 Å². The molecule has 4 heteroatoms.